The van der Waals surface area contributed by atoms with Crippen LogP contribution in [0.3, 0.4) is 0 Å². The third-order valence-electron chi connectivity index (χ3n) is 2.20. The predicted molar refractivity (Wildman–Crippen MR) is 85.8 cm³/mol. The van der Waals surface area contributed by atoms with Crippen LogP contribution in [0.4, 0.5) is 0 Å². The van der Waals surface area contributed by atoms with Gasteiger partial charge in [0.15, 0.2) is 5.96 Å². The van der Waals surface area contributed by atoms with Gasteiger partial charge in [-0.2, -0.15) is 0 Å². The topological polar surface area (TPSA) is 71.7 Å². The molecule has 1 aromatic heterocycles. The Bertz CT molecular complexity index is 330. The minimum absolute atomic E-state index is 0. The van der Waals surface area contributed by atoms with E-state index in [1.165, 1.54) is 0 Å². The molecule has 1 heterocycles. The number of halogens is 1. The molecule has 1 aromatic rings. The van der Waals surface area contributed by atoms with Gasteiger partial charge in [-0.15, -0.1) is 24.0 Å². The molecule has 0 spiro atoms. The lowest BCUT2D eigenvalue weighted by Crippen LogP contribution is -2.38. The predicted octanol–water partition coefficient (Wildman–Crippen LogP) is 1.77. The molecule has 0 saturated carbocycles. The standard InChI is InChI=1S/C12H22N4O2.HI/c1-3-13-12(14-7-5-8-17-4-2)15-10-11-6-9-18-16-11;/h6,9H,3-5,7-8,10H2,1-2H3,(H2,13,14,15);1H. The number of guanidine groups is 1. The van der Waals surface area contributed by atoms with Crippen molar-refractivity contribution in [2.24, 2.45) is 4.99 Å². The highest BCUT2D eigenvalue weighted by Crippen LogP contribution is 1.96. The van der Waals surface area contributed by atoms with Crippen LogP contribution in [0.15, 0.2) is 21.8 Å². The molecule has 0 amide bonds. The third kappa shape index (κ3) is 8.82. The van der Waals surface area contributed by atoms with Gasteiger partial charge in [-0.05, 0) is 20.3 Å². The number of nitrogens with zero attached hydrogens (tertiary/aromatic N) is 2. The molecular weight excluding hydrogens is 359 g/mol. The summed E-state index contributed by atoms with van der Waals surface area (Å²) in [5.41, 5.74) is 0.821. The van der Waals surface area contributed by atoms with E-state index in [1.807, 2.05) is 19.9 Å². The Hall–Kier alpha value is -0.830. The molecule has 1 rings (SSSR count). The summed E-state index contributed by atoms with van der Waals surface area (Å²) < 4.78 is 10.0. The van der Waals surface area contributed by atoms with E-state index in [9.17, 15) is 0 Å². The lowest BCUT2D eigenvalue weighted by atomic mass is 10.4. The largest absolute Gasteiger partial charge is 0.382 e. The summed E-state index contributed by atoms with van der Waals surface area (Å²) in [6.07, 6.45) is 2.51. The number of rotatable bonds is 8. The highest BCUT2D eigenvalue weighted by molar-refractivity contribution is 14.0. The second-order valence-corrected chi connectivity index (χ2v) is 3.66. The van der Waals surface area contributed by atoms with E-state index in [0.717, 1.165) is 44.4 Å². The van der Waals surface area contributed by atoms with Crippen LogP contribution in [0.2, 0.25) is 0 Å². The fourth-order valence-corrected chi connectivity index (χ4v) is 1.35. The number of aromatic nitrogens is 1. The maximum absolute atomic E-state index is 5.27. The van der Waals surface area contributed by atoms with Gasteiger partial charge in [0.05, 0.1) is 6.54 Å². The van der Waals surface area contributed by atoms with E-state index >= 15 is 0 Å². The van der Waals surface area contributed by atoms with E-state index in [1.54, 1.807) is 6.26 Å². The van der Waals surface area contributed by atoms with E-state index in [4.69, 9.17) is 9.26 Å². The third-order valence-corrected chi connectivity index (χ3v) is 2.20. The van der Waals surface area contributed by atoms with Crippen LogP contribution < -0.4 is 10.6 Å². The number of nitrogens with one attached hydrogen (secondary N) is 2. The number of ether oxygens (including phenoxy) is 1. The van der Waals surface area contributed by atoms with Gasteiger partial charge in [-0.1, -0.05) is 5.16 Å². The maximum atomic E-state index is 5.27. The summed E-state index contributed by atoms with van der Waals surface area (Å²) in [5, 5.41) is 10.2. The Balaban J connectivity index is 0.00000324. The molecule has 0 aliphatic rings. The zero-order chi connectivity index (χ0) is 13.1. The van der Waals surface area contributed by atoms with Crippen molar-refractivity contribution >= 4 is 29.9 Å². The smallest absolute Gasteiger partial charge is 0.191 e. The van der Waals surface area contributed by atoms with Crippen molar-refractivity contribution in [3.05, 3.63) is 18.0 Å². The van der Waals surface area contributed by atoms with Crippen LogP contribution in [0.5, 0.6) is 0 Å². The summed E-state index contributed by atoms with van der Waals surface area (Å²) in [6.45, 7) is 7.74. The molecule has 0 saturated heterocycles. The molecular formula is C12H23IN4O2. The Kier molecular flexibility index (Phi) is 11.7. The minimum atomic E-state index is 0. The Morgan fingerprint density at radius 2 is 2.26 bits per heavy atom. The highest BCUT2D eigenvalue weighted by atomic mass is 127. The number of hydrogen-bond donors (Lipinski definition) is 2. The maximum Gasteiger partial charge on any atom is 0.191 e. The van der Waals surface area contributed by atoms with Crippen molar-refractivity contribution in [2.75, 3.05) is 26.3 Å². The van der Waals surface area contributed by atoms with Gasteiger partial charge in [0.1, 0.15) is 12.0 Å². The molecule has 0 aliphatic heterocycles. The molecule has 0 bridgehead atoms. The summed E-state index contributed by atoms with van der Waals surface area (Å²) >= 11 is 0. The second-order valence-electron chi connectivity index (χ2n) is 3.66. The Labute approximate surface area is 131 Å². The van der Waals surface area contributed by atoms with Crippen LogP contribution >= 0.6 is 24.0 Å². The molecule has 0 aliphatic carbocycles. The number of aliphatic imine (C=N–C) groups is 1. The van der Waals surface area contributed by atoms with Crippen molar-refractivity contribution < 1.29 is 9.26 Å². The zero-order valence-electron chi connectivity index (χ0n) is 11.5. The van der Waals surface area contributed by atoms with Crippen molar-refractivity contribution in [3.8, 4) is 0 Å². The molecule has 0 radical (unpaired) electrons. The van der Waals surface area contributed by atoms with E-state index in [0.29, 0.717) is 6.54 Å². The first-order chi connectivity index (χ1) is 8.86. The first-order valence-electron chi connectivity index (χ1n) is 6.36. The minimum Gasteiger partial charge on any atom is -0.382 e. The Morgan fingerprint density at radius 3 is 2.89 bits per heavy atom. The highest BCUT2D eigenvalue weighted by Gasteiger charge is 1.98. The van der Waals surface area contributed by atoms with Gasteiger partial charge in [0.2, 0.25) is 0 Å². The molecule has 19 heavy (non-hydrogen) atoms. The van der Waals surface area contributed by atoms with Crippen molar-refractivity contribution in [1.29, 1.82) is 0 Å². The summed E-state index contributed by atoms with van der Waals surface area (Å²) in [5.74, 6) is 0.789. The Morgan fingerprint density at radius 1 is 1.42 bits per heavy atom. The molecule has 110 valence electrons. The second kappa shape index (κ2) is 12.2. The van der Waals surface area contributed by atoms with Gasteiger partial charge < -0.3 is 19.9 Å². The first kappa shape index (κ1) is 18.2. The van der Waals surface area contributed by atoms with Crippen LogP contribution in [0.25, 0.3) is 0 Å². The first-order valence-corrected chi connectivity index (χ1v) is 6.36. The average Bonchev–Trinajstić information content (AvgIpc) is 2.88. The summed E-state index contributed by atoms with van der Waals surface area (Å²) in [4.78, 5) is 4.40. The average molecular weight is 382 g/mol. The van der Waals surface area contributed by atoms with Crippen LogP contribution in [0.1, 0.15) is 26.0 Å². The molecule has 0 atom stereocenters. The van der Waals surface area contributed by atoms with Crippen LogP contribution in [-0.4, -0.2) is 37.4 Å². The van der Waals surface area contributed by atoms with Gasteiger partial charge in [-0.25, -0.2) is 4.99 Å². The van der Waals surface area contributed by atoms with Crippen molar-refractivity contribution in [2.45, 2.75) is 26.8 Å². The van der Waals surface area contributed by atoms with Gasteiger partial charge in [0, 0.05) is 32.4 Å². The SMILES string of the molecule is CCNC(=NCc1ccon1)NCCCOCC.I. The molecule has 7 heteroatoms. The van der Waals surface area contributed by atoms with Gasteiger partial charge in [0.25, 0.3) is 0 Å². The quantitative estimate of drug-likeness (QED) is 0.310. The van der Waals surface area contributed by atoms with E-state index < -0.39 is 0 Å². The molecule has 0 aromatic carbocycles. The van der Waals surface area contributed by atoms with Crippen molar-refractivity contribution in [1.82, 2.24) is 15.8 Å². The normalized spacial score (nSPS) is 10.9. The molecule has 6 nitrogen and oxygen atoms in total. The molecule has 0 unspecified atom stereocenters. The summed E-state index contributed by atoms with van der Waals surface area (Å²) in [6, 6.07) is 1.81. The monoisotopic (exact) mass is 382 g/mol. The van der Waals surface area contributed by atoms with Crippen LogP contribution in [-0.2, 0) is 11.3 Å². The lowest BCUT2D eigenvalue weighted by molar-refractivity contribution is 0.145. The zero-order valence-corrected chi connectivity index (χ0v) is 13.8. The fraction of sp³-hybridized carbons (Fsp3) is 0.667. The lowest BCUT2D eigenvalue weighted by Gasteiger charge is -2.10. The molecule has 0 fully saturated rings. The van der Waals surface area contributed by atoms with Crippen LogP contribution in [0, 0.1) is 0 Å². The van der Waals surface area contributed by atoms with Crippen molar-refractivity contribution in [3.63, 3.8) is 0 Å². The van der Waals surface area contributed by atoms with Gasteiger partial charge in [-0.3, -0.25) is 0 Å². The molecule has 2 N–H and O–H groups in total. The number of hydrogen-bond acceptors (Lipinski definition) is 4. The van der Waals surface area contributed by atoms with E-state index in [-0.39, 0.29) is 24.0 Å². The van der Waals surface area contributed by atoms with Gasteiger partial charge >= 0.3 is 0 Å². The fourth-order valence-electron chi connectivity index (χ4n) is 1.35. The van der Waals surface area contributed by atoms with E-state index in [2.05, 4.69) is 20.8 Å². The summed E-state index contributed by atoms with van der Waals surface area (Å²) in [7, 11) is 0.